The number of anilines is 1. The molecule has 3 aromatic rings. The van der Waals surface area contributed by atoms with Gasteiger partial charge in [-0.15, -0.1) is 0 Å². The normalized spacial score (nSPS) is 11.0. The van der Waals surface area contributed by atoms with Crippen molar-refractivity contribution in [3.8, 4) is 11.5 Å². The first-order valence-corrected chi connectivity index (χ1v) is 11.0. The summed E-state index contributed by atoms with van der Waals surface area (Å²) in [4.78, 5) is 24.8. The number of carbonyl (C=O) groups excluding carboxylic acids is 2. The summed E-state index contributed by atoms with van der Waals surface area (Å²) in [5.74, 6) is 0.383. The minimum absolute atomic E-state index is 0.0103. The highest BCUT2D eigenvalue weighted by Gasteiger charge is 2.12. The van der Waals surface area contributed by atoms with Gasteiger partial charge in [0.1, 0.15) is 0 Å². The lowest BCUT2D eigenvalue weighted by Crippen LogP contribution is -2.21. The van der Waals surface area contributed by atoms with Crippen LogP contribution in [0.15, 0.2) is 65.8 Å². The number of hydrogen-bond acceptors (Lipinski definition) is 5. The lowest BCUT2D eigenvalue weighted by molar-refractivity contribution is -0.120. The van der Waals surface area contributed by atoms with E-state index in [1.54, 1.807) is 67.6 Å². The Morgan fingerprint density at radius 1 is 0.882 bits per heavy atom. The molecule has 0 saturated carbocycles. The quantitative estimate of drug-likeness (QED) is 0.323. The van der Waals surface area contributed by atoms with E-state index < -0.39 is 0 Å². The van der Waals surface area contributed by atoms with Crippen LogP contribution in [0, 0.1) is 0 Å². The van der Waals surface area contributed by atoms with Gasteiger partial charge in [-0.1, -0.05) is 41.4 Å². The molecule has 9 heteroatoms. The molecule has 2 N–H and O–H groups in total. The molecule has 0 saturated heterocycles. The van der Waals surface area contributed by atoms with Gasteiger partial charge in [-0.3, -0.25) is 9.59 Å². The molecule has 7 nitrogen and oxygen atoms in total. The molecule has 3 rings (SSSR count). The molecule has 0 radical (unpaired) electrons. The van der Waals surface area contributed by atoms with Gasteiger partial charge in [-0.05, 0) is 60.5 Å². The summed E-state index contributed by atoms with van der Waals surface area (Å²) in [7, 11) is 3.04. The van der Waals surface area contributed by atoms with Crippen molar-refractivity contribution in [3.63, 3.8) is 0 Å². The molecule has 0 spiro atoms. The molecular formula is C25H23Cl2N3O4. The average Bonchev–Trinajstić information content (AvgIpc) is 2.84. The number of hydrazone groups is 1. The van der Waals surface area contributed by atoms with E-state index >= 15 is 0 Å². The Bertz CT molecular complexity index is 1210. The molecule has 2 amide bonds. The minimum Gasteiger partial charge on any atom is -0.493 e. The summed E-state index contributed by atoms with van der Waals surface area (Å²) >= 11 is 12.2. The third kappa shape index (κ3) is 6.27. The smallest absolute Gasteiger partial charge is 0.255 e. The zero-order valence-corrected chi connectivity index (χ0v) is 20.3. The molecule has 0 aliphatic heterocycles. The van der Waals surface area contributed by atoms with Crippen molar-refractivity contribution >= 4 is 46.4 Å². The van der Waals surface area contributed by atoms with Gasteiger partial charge in [0.15, 0.2) is 11.5 Å². The van der Waals surface area contributed by atoms with Crippen molar-refractivity contribution in [2.45, 2.75) is 13.3 Å². The molecule has 0 aliphatic rings. The van der Waals surface area contributed by atoms with Gasteiger partial charge in [-0.2, -0.15) is 5.10 Å². The Hall–Kier alpha value is -3.55. The molecule has 176 valence electrons. The maximum atomic E-state index is 12.6. The zero-order chi connectivity index (χ0) is 24.7. The van der Waals surface area contributed by atoms with E-state index in [0.717, 1.165) is 5.56 Å². The van der Waals surface area contributed by atoms with Crippen LogP contribution in [0.2, 0.25) is 10.0 Å². The van der Waals surface area contributed by atoms with Crippen LogP contribution in [0.1, 0.15) is 28.4 Å². The summed E-state index contributed by atoms with van der Waals surface area (Å²) in [6, 6.07) is 17.1. The lowest BCUT2D eigenvalue weighted by atomic mass is 10.1. The Kier molecular flexibility index (Phi) is 8.51. The molecule has 0 aromatic heterocycles. The largest absolute Gasteiger partial charge is 0.493 e. The standard InChI is InChI=1S/C25H23Cl2N3O4/c1-15(29-30-24(31)14-19-20(26)5-4-6-21(19)27)16-7-10-18(11-8-16)28-25(32)17-9-12-22(33-2)23(13-17)34-3/h4-13H,14H2,1-3H3,(H,28,32)(H,30,31)/b29-15+. The highest BCUT2D eigenvalue weighted by Crippen LogP contribution is 2.28. The number of nitrogens with one attached hydrogen (secondary N) is 2. The topological polar surface area (TPSA) is 89.0 Å². The van der Waals surface area contributed by atoms with Crippen LogP contribution in [-0.2, 0) is 11.2 Å². The molecule has 0 fully saturated rings. The van der Waals surface area contributed by atoms with Crippen molar-refractivity contribution in [2.24, 2.45) is 5.10 Å². The molecular weight excluding hydrogens is 477 g/mol. The SMILES string of the molecule is COc1ccc(C(=O)Nc2ccc(/C(C)=N/NC(=O)Cc3c(Cl)cccc3Cl)cc2)cc1OC. The highest BCUT2D eigenvalue weighted by atomic mass is 35.5. The van der Waals surface area contributed by atoms with Crippen molar-refractivity contribution in [3.05, 3.63) is 87.4 Å². The van der Waals surface area contributed by atoms with E-state index in [0.29, 0.717) is 44.1 Å². The fraction of sp³-hybridized carbons (Fsp3) is 0.160. The second-order valence-electron chi connectivity index (χ2n) is 7.21. The Labute approximate surface area is 207 Å². The molecule has 34 heavy (non-hydrogen) atoms. The molecule has 0 atom stereocenters. The number of hydrogen-bond donors (Lipinski definition) is 2. The maximum absolute atomic E-state index is 12.6. The summed E-state index contributed by atoms with van der Waals surface area (Å²) in [5, 5.41) is 7.82. The van der Waals surface area contributed by atoms with Crippen molar-refractivity contribution in [1.82, 2.24) is 5.43 Å². The van der Waals surface area contributed by atoms with Crippen LogP contribution in [0.5, 0.6) is 11.5 Å². The first kappa shape index (κ1) is 25.1. The number of rotatable bonds is 8. The molecule has 3 aromatic carbocycles. The van der Waals surface area contributed by atoms with Crippen LogP contribution in [0.3, 0.4) is 0 Å². The van der Waals surface area contributed by atoms with E-state index in [4.69, 9.17) is 32.7 Å². The van der Waals surface area contributed by atoms with E-state index in [1.807, 2.05) is 0 Å². The van der Waals surface area contributed by atoms with Crippen LogP contribution in [0.4, 0.5) is 5.69 Å². The molecule has 0 heterocycles. The van der Waals surface area contributed by atoms with Crippen LogP contribution >= 0.6 is 23.2 Å². The van der Waals surface area contributed by atoms with E-state index in [-0.39, 0.29) is 18.2 Å². The van der Waals surface area contributed by atoms with Gasteiger partial charge in [0.05, 0.1) is 26.4 Å². The number of carbonyl (C=O) groups is 2. The lowest BCUT2D eigenvalue weighted by Gasteiger charge is -2.10. The number of benzene rings is 3. The highest BCUT2D eigenvalue weighted by molar-refractivity contribution is 6.36. The number of amides is 2. The monoisotopic (exact) mass is 499 g/mol. The first-order valence-electron chi connectivity index (χ1n) is 10.2. The summed E-state index contributed by atoms with van der Waals surface area (Å²) in [6.07, 6.45) is 0.0103. The zero-order valence-electron chi connectivity index (χ0n) is 18.8. The minimum atomic E-state index is -0.340. The second kappa shape index (κ2) is 11.5. The molecule has 0 bridgehead atoms. The first-order chi connectivity index (χ1) is 16.3. The third-order valence-electron chi connectivity index (χ3n) is 4.95. The third-order valence-corrected chi connectivity index (χ3v) is 5.66. The fourth-order valence-electron chi connectivity index (χ4n) is 3.09. The number of nitrogens with zero attached hydrogens (tertiary/aromatic N) is 1. The predicted octanol–water partition coefficient (Wildman–Crippen LogP) is 5.35. The Morgan fingerprint density at radius 3 is 2.12 bits per heavy atom. The van der Waals surface area contributed by atoms with Gasteiger partial charge in [-0.25, -0.2) is 5.43 Å². The summed E-state index contributed by atoms with van der Waals surface area (Å²) < 4.78 is 10.4. The van der Waals surface area contributed by atoms with Crippen LogP contribution in [-0.4, -0.2) is 31.7 Å². The van der Waals surface area contributed by atoms with Crippen LogP contribution in [0.25, 0.3) is 0 Å². The molecule has 0 aliphatic carbocycles. The van der Waals surface area contributed by atoms with Gasteiger partial charge >= 0.3 is 0 Å². The van der Waals surface area contributed by atoms with Crippen molar-refractivity contribution in [1.29, 1.82) is 0 Å². The van der Waals surface area contributed by atoms with Crippen LogP contribution < -0.4 is 20.2 Å². The number of methoxy groups -OCH3 is 2. The van der Waals surface area contributed by atoms with Crippen molar-refractivity contribution in [2.75, 3.05) is 19.5 Å². The maximum Gasteiger partial charge on any atom is 0.255 e. The van der Waals surface area contributed by atoms with Gasteiger partial charge in [0, 0.05) is 21.3 Å². The van der Waals surface area contributed by atoms with Gasteiger partial charge < -0.3 is 14.8 Å². The average molecular weight is 500 g/mol. The predicted molar refractivity (Wildman–Crippen MR) is 134 cm³/mol. The fourth-order valence-corrected chi connectivity index (χ4v) is 3.62. The van der Waals surface area contributed by atoms with E-state index in [1.165, 1.54) is 14.2 Å². The Balaban J connectivity index is 1.61. The Morgan fingerprint density at radius 2 is 1.50 bits per heavy atom. The molecule has 0 unspecified atom stereocenters. The summed E-state index contributed by atoms with van der Waals surface area (Å²) in [6.45, 7) is 1.76. The van der Waals surface area contributed by atoms with Gasteiger partial charge in [0.25, 0.3) is 5.91 Å². The number of halogens is 2. The van der Waals surface area contributed by atoms with Crippen molar-refractivity contribution < 1.29 is 19.1 Å². The van der Waals surface area contributed by atoms with E-state index in [9.17, 15) is 9.59 Å². The second-order valence-corrected chi connectivity index (χ2v) is 8.02. The van der Waals surface area contributed by atoms with E-state index in [2.05, 4.69) is 15.8 Å². The summed E-state index contributed by atoms with van der Waals surface area (Å²) in [5.41, 5.74) is 5.47. The number of ether oxygens (including phenoxy) is 2. The van der Waals surface area contributed by atoms with Gasteiger partial charge in [0.2, 0.25) is 5.91 Å².